The van der Waals surface area contributed by atoms with Gasteiger partial charge in [0.15, 0.2) is 0 Å². The van der Waals surface area contributed by atoms with Crippen LogP contribution in [0, 0.1) is 18.2 Å². The Bertz CT molecular complexity index is 735. The Labute approximate surface area is 152 Å². The van der Waals surface area contributed by atoms with Crippen molar-refractivity contribution in [2.24, 2.45) is 5.41 Å². The third-order valence-electron chi connectivity index (χ3n) is 5.29. The van der Waals surface area contributed by atoms with E-state index in [-0.39, 0.29) is 11.2 Å². The molecule has 1 aromatic carbocycles. The molecule has 0 aliphatic carbocycles. The Morgan fingerprint density at radius 3 is 2.77 bits per heavy atom. The largest absolute Gasteiger partial charge is 0.408 e. The van der Waals surface area contributed by atoms with E-state index in [1.165, 1.54) is 12.1 Å². The number of hydrogen-bond acceptors (Lipinski definition) is 6. The van der Waals surface area contributed by atoms with Crippen molar-refractivity contribution in [2.45, 2.75) is 26.3 Å². The van der Waals surface area contributed by atoms with Gasteiger partial charge in [0.2, 0.25) is 5.89 Å². The van der Waals surface area contributed by atoms with E-state index in [1.807, 2.05) is 19.1 Å². The topological polar surface area (TPSA) is 54.6 Å². The first kappa shape index (κ1) is 17.4. The summed E-state index contributed by atoms with van der Waals surface area (Å²) in [6, 6.07) is 7.39. The van der Waals surface area contributed by atoms with Gasteiger partial charge in [0.25, 0.3) is 0 Å². The number of aryl methyl sites for hydroxylation is 1. The van der Waals surface area contributed by atoms with Crippen molar-refractivity contribution >= 4 is 6.01 Å². The van der Waals surface area contributed by atoms with Crippen LogP contribution < -0.4 is 4.90 Å². The van der Waals surface area contributed by atoms with Gasteiger partial charge in [0.1, 0.15) is 5.82 Å². The highest BCUT2D eigenvalue weighted by molar-refractivity contribution is 5.26. The Hall–Kier alpha value is -1.99. The minimum absolute atomic E-state index is 0.0527. The third-order valence-corrected chi connectivity index (χ3v) is 5.29. The first-order chi connectivity index (χ1) is 12.6. The van der Waals surface area contributed by atoms with Crippen molar-refractivity contribution in [1.82, 2.24) is 15.1 Å². The van der Waals surface area contributed by atoms with Crippen molar-refractivity contribution in [1.29, 1.82) is 0 Å². The zero-order valence-electron chi connectivity index (χ0n) is 15.2. The van der Waals surface area contributed by atoms with Gasteiger partial charge >= 0.3 is 6.01 Å². The number of anilines is 1. The molecule has 4 rings (SSSR count). The second-order valence-corrected chi connectivity index (χ2v) is 7.52. The molecule has 6 nitrogen and oxygen atoms in total. The molecule has 2 fully saturated rings. The Balaban J connectivity index is 1.47. The van der Waals surface area contributed by atoms with E-state index >= 15 is 0 Å². The van der Waals surface area contributed by atoms with Gasteiger partial charge in [0.05, 0.1) is 13.2 Å². The molecular formula is C19H25FN4O2. The first-order valence-corrected chi connectivity index (χ1v) is 9.22. The first-order valence-electron chi connectivity index (χ1n) is 9.22. The molecule has 0 radical (unpaired) electrons. The zero-order valence-corrected chi connectivity index (χ0v) is 15.2. The fourth-order valence-electron chi connectivity index (χ4n) is 4.11. The number of rotatable bonds is 3. The van der Waals surface area contributed by atoms with Crippen LogP contribution >= 0.6 is 0 Å². The van der Waals surface area contributed by atoms with Crippen molar-refractivity contribution in [3.05, 3.63) is 41.5 Å². The number of aromatic nitrogens is 2. The molecule has 2 aromatic rings. The summed E-state index contributed by atoms with van der Waals surface area (Å²) < 4.78 is 24.7. The summed E-state index contributed by atoms with van der Waals surface area (Å²) in [7, 11) is 0. The summed E-state index contributed by atoms with van der Waals surface area (Å²) in [5.74, 6) is 0.396. The van der Waals surface area contributed by atoms with Crippen LogP contribution in [-0.4, -0.2) is 54.5 Å². The summed E-state index contributed by atoms with van der Waals surface area (Å²) in [6.07, 6.45) is 2.25. The molecule has 0 saturated carbocycles. The molecule has 26 heavy (non-hydrogen) atoms. The van der Waals surface area contributed by atoms with Crippen molar-refractivity contribution < 1.29 is 13.5 Å². The zero-order chi connectivity index (χ0) is 18.0. The Morgan fingerprint density at radius 1 is 1.15 bits per heavy atom. The molecule has 1 aromatic heterocycles. The number of nitrogens with zero attached hydrogens (tertiary/aromatic N) is 4. The number of halogens is 1. The lowest BCUT2D eigenvalue weighted by atomic mass is 9.80. The van der Waals surface area contributed by atoms with Crippen LogP contribution in [0.4, 0.5) is 10.4 Å². The maximum absolute atomic E-state index is 13.1. The standard InChI is InChI=1S/C19H25FN4O2/c1-15-21-22-18(26-15)24-9-10-25-14-19(13-24)7-2-8-23(12-19)11-16-3-5-17(20)6-4-16/h3-6H,2,7-14H2,1H3/t19-/m0/s1. The molecule has 0 bridgehead atoms. The lowest BCUT2D eigenvalue weighted by molar-refractivity contribution is 0.0105. The van der Waals surface area contributed by atoms with E-state index in [9.17, 15) is 4.39 Å². The molecule has 1 atom stereocenters. The second-order valence-electron chi connectivity index (χ2n) is 7.52. The highest BCUT2D eigenvalue weighted by Gasteiger charge is 2.40. The van der Waals surface area contributed by atoms with E-state index in [4.69, 9.17) is 9.15 Å². The normalized spacial score (nSPS) is 24.8. The third kappa shape index (κ3) is 3.88. The number of benzene rings is 1. The molecule has 2 saturated heterocycles. The van der Waals surface area contributed by atoms with E-state index in [0.717, 1.165) is 57.7 Å². The summed E-state index contributed by atoms with van der Waals surface area (Å²) in [4.78, 5) is 4.61. The lowest BCUT2D eigenvalue weighted by Gasteiger charge is -2.43. The van der Waals surface area contributed by atoms with Crippen molar-refractivity contribution in [3.8, 4) is 0 Å². The SMILES string of the molecule is Cc1nnc(N2CCOC[C@]3(CCCN(Cc4ccc(F)cc4)C3)C2)o1. The van der Waals surface area contributed by atoms with Crippen LogP contribution in [0.2, 0.25) is 0 Å². The average molecular weight is 360 g/mol. The van der Waals surface area contributed by atoms with E-state index in [1.54, 1.807) is 0 Å². The van der Waals surface area contributed by atoms with Crippen LogP contribution in [-0.2, 0) is 11.3 Å². The average Bonchev–Trinajstić information content (AvgIpc) is 2.96. The molecule has 2 aliphatic rings. The monoisotopic (exact) mass is 360 g/mol. The van der Waals surface area contributed by atoms with Crippen molar-refractivity contribution in [3.63, 3.8) is 0 Å². The fourth-order valence-corrected chi connectivity index (χ4v) is 4.11. The van der Waals surface area contributed by atoms with Crippen molar-refractivity contribution in [2.75, 3.05) is 44.3 Å². The van der Waals surface area contributed by atoms with Gasteiger partial charge < -0.3 is 14.1 Å². The van der Waals surface area contributed by atoms with Gasteiger partial charge in [-0.05, 0) is 37.1 Å². The lowest BCUT2D eigenvalue weighted by Crippen LogP contribution is -2.50. The second kappa shape index (κ2) is 7.32. The van der Waals surface area contributed by atoms with Crippen LogP contribution in [0.5, 0.6) is 0 Å². The predicted octanol–water partition coefficient (Wildman–Crippen LogP) is 2.64. The fraction of sp³-hybridized carbons (Fsp3) is 0.579. The molecule has 0 amide bonds. The number of ether oxygens (including phenoxy) is 1. The number of piperidine rings is 1. The molecule has 0 N–H and O–H groups in total. The molecular weight excluding hydrogens is 335 g/mol. The van der Waals surface area contributed by atoms with E-state index < -0.39 is 0 Å². The maximum atomic E-state index is 13.1. The molecule has 140 valence electrons. The van der Waals surface area contributed by atoms with Crippen LogP contribution in [0.1, 0.15) is 24.3 Å². The van der Waals surface area contributed by atoms with Gasteiger partial charge in [0, 0.05) is 38.5 Å². The summed E-state index contributed by atoms with van der Waals surface area (Å²) in [5, 5.41) is 8.15. The van der Waals surface area contributed by atoms with E-state index in [2.05, 4.69) is 20.0 Å². The minimum atomic E-state index is -0.188. The maximum Gasteiger partial charge on any atom is 0.318 e. The Kier molecular flexibility index (Phi) is 4.91. The van der Waals surface area contributed by atoms with Crippen LogP contribution in [0.25, 0.3) is 0 Å². The number of hydrogen-bond donors (Lipinski definition) is 0. The van der Waals surface area contributed by atoms with Gasteiger partial charge in [-0.2, -0.15) is 0 Å². The highest BCUT2D eigenvalue weighted by atomic mass is 19.1. The smallest absolute Gasteiger partial charge is 0.318 e. The minimum Gasteiger partial charge on any atom is -0.408 e. The van der Waals surface area contributed by atoms with Gasteiger partial charge in [-0.3, -0.25) is 4.90 Å². The Morgan fingerprint density at radius 2 is 2.00 bits per heavy atom. The van der Waals surface area contributed by atoms with Crippen LogP contribution in [0.3, 0.4) is 0 Å². The molecule has 1 spiro atoms. The van der Waals surface area contributed by atoms with Crippen LogP contribution in [0.15, 0.2) is 28.7 Å². The number of likely N-dealkylation sites (tertiary alicyclic amines) is 1. The summed E-state index contributed by atoms with van der Waals surface area (Å²) in [5.41, 5.74) is 1.19. The molecule has 3 heterocycles. The van der Waals surface area contributed by atoms with Gasteiger partial charge in [-0.25, -0.2) is 4.39 Å². The summed E-state index contributed by atoms with van der Waals surface area (Å²) in [6.45, 7) is 7.69. The molecule has 7 heteroatoms. The van der Waals surface area contributed by atoms with Gasteiger partial charge in [-0.15, -0.1) is 5.10 Å². The van der Waals surface area contributed by atoms with Gasteiger partial charge in [-0.1, -0.05) is 17.2 Å². The molecule has 2 aliphatic heterocycles. The summed E-state index contributed by atoms with van der Waals surface area (Å²) >= 11 is 0. The predicted molar refractivity (Wildman–Crippen MR) is 95.4 cm³/mol. The quantitative estimate of drug-likeness (QED) is 0.839. The molecule has 0 unspecified atom stereocenters. The highest BCUT2D eigenvalue weighted by Crippen LogP contribution is 2.34. The van der Waals surface area contributed by atoms with E-state index in [0.29, 0.717) is 18.5 Å².